The van der Waals surface area contributed by atoms with Crippen LogP contribution in [0, 0.1) is 0 Å². The first-order valence-corrected chi connectivity index (χ1v) is 12.0. The first kappa shape index (κ1) is 22.7. The van der Waals surface area contributed by atoms with Gasteiger partial charge in [0.25, 0.3) is 5.91 Å². The van der Waals surface area contributed by atoms with Gasteiger partial charge in [0, 0.05) is 35.8 Å². The van der Waals surface area contributed by atoms with Crippen molar-refractivity contribution < 1.29 is 9.59 Å². The number of para-hydroxylation sites is 2. The van der Waals surface area contributed by atoms with Crippen LogP contribution in [-0.2, 0) is 4.79 Å². The standard InChI is InChI=1S/C29H28N4O2/c34-28(30-22-11-5-2-6-12-22)20-33-17-15-23(16-18-33)31-29(35)25-19-27(21-9-3-1-4-10-21)32-26-14-8-7-13-24(25)26/h1-14,19,23H,15-18,20H2,(H,30,34)(H,31,35). The molecule has 1 aromatic heterocycles. The smallest absolute Gasteiger partial charge is 0.252 e. The number of hydrogen-bond acceptors (Lipinski definition) is 4. The van der Waals surface area contributed by atoms with Crippen LogP contribution in [0.3, 0.4) is 0 Å². The molecule has 2 amide bonds. The van der Waals surface area contributed by atoms with Crippen LogP contribution in [0.5, 0.6) is 0 Å². The van der Waals surface area contributed by atoms with E-state index >= 15 is 0 Å². The van der Waals surface area contributed by atoms with Crippen molar-refractivity contribution in [2.45, 2.75) is 18.9 Å². The van der Waals surface area contributed by atoms with Crippen molar-refractivity contribution in [3.8, 4) is 11.3 Å². The highest BCUT2D eigenvalue weighted by atomic mass is 16.2. The number of piperidine rings is 1. The van der Waals surface area contributed by atoms with Crippen molar-refractivity contribution in [3.05, 3.63) is 96.6 Å². The summed E-state index contributed by atoms with van der Waals surface area (Å²) in [6.07, 6.45) is 1.61. The Labute approximate surface area is 205 Å². The Morgan fingerprint density at radius 2 is 1.51 bits per heavy atom. The monoisotopic (exact) mass is 464 g/mol. The van der Waals surface area contributed by atoms with E-state index in [9.17, 15) is 9.59 Å². The second-order valence-electron chi connectivity index (χ2n) is 8.88. The van der Waals surface area contributed by atoms with Gasteiger partial charge in [0.2, 0.25) is 5.91 Å². The van der Waals surface area contributed by atoms with Gasteiger partial charge >= 0.3 is 0 Å². The summed E-state index contributed by atoms with van der Waals surface area (Å²) in [6, 6.07) is 29.1. The van der Waals surface area contributed by atoms with Crippen LogP contribution in [-0.4, -0.2) is 47.4 Å². The minimum atomic E-state index is -0.0824. The first-order valence-electron chi connectivity index (χ1n) is 12.0. The van der Waals surface area contributed by atoms with Crippen LogP contribution in [0.2, 0.25) is 0 Å². The Balaban J connectivity index is 1.23. The molecule has 0 spiro atoms. The fourth-order valence-electron chi connectivity index (χ4n) is 4.54. The summed E-state index contributed by atoms with van der Waals surface area (Å²) in [4.78, 5) is 32.6. The summed E-state index contributed by atoms with van der Waals surface area (Å²) in [7, 11) is 0. The number of hydrogen-bond donors (Lipinski definition) is 2. The van der Waals surface area contributed by atoms with Gasteiger partial charge in [-0.05, 0) is 37.1 Å². The summed E-state index contributed by atoms with van der Waals surface area (Å²) >= 11 is 0. The molecule has 1 aliphatic rings. The van der Waals surface area contributed by atoms with E-state index in [-0.39, 0.29) is 17.9 Å². The first-order chi connectivity index (χ1) is 17.2. The number of nitrogens with zero attached hydrogens (tertiary/aromatic N) is 2. The van der Waals surface area contributed by atoms with Crippen LogP contribution in [0.25, 0.3) is 22.2 Å². The van der Waals surface area contributed by atoms with E-state index in [1.54, 1.807) is 0 Å². The number of amides is 2. The molecule has 0 atom stereocenters. The molecule has 0 bridgehead atoms. The molecule has 1 saturated heterocycles. The van der Waals surface area contributed by atoms with Crippen LogP contribution >= 0.6 is 0 Å². The molecule has 35 heavy (non-hydrogen) atoms. The van der Waals surface area contributed by atoms with E-state index in [0.29, 0.717) is 12.1 Å². The quantitative estimate of drug-likeness (QED) is 0.433. The second-order valence-corrected chi connectivity index (χ2v) is 8.88. The molecule has 2 N–H and O–H groups in total. The molecule has 0 saturated carbocycles. The lowest BCUT2D eigenvalue weighted by Gasteiger charge is -2.32. The summed E-state index contributed by atoms with van der Waals surface area (Å²) in [6.45, 7) is 1.88. The predicted molar refractivity (Wildman–Crippen MR) is 139 cm³/mol. The molecule has 3 aromatic carbocycles. The molecule has 6 heteroatoms. The molecule has 1 aliphatic heterocycles. The number of likely N-dealkylation sites (tertiary alicyclic amines) is 1. The number of nitrogens with one attached hydrogen (secondary N) is 2. The maximum atomic E-state index is 13.4. The van der Waals surface area contributed by atoms with E-state index in [1.807, 2.05) is 91.0 Å². The number of carbonyl (C=O) groups excluding carboxylic acids is 2. The molecule has 0 radical (unpaired) electrons. The molecule has 4 aromatic rings. The Bertz CT molecular complexity index is 1320. The summed E-state index contributed by atoms with van der Waals surface area (Å²) in [5.74, 6) is -0.101. The topological polar surface area (TPSA) is 74.3 Å². The lowest BCUT2D eigenvalue weighted by molar-refractivity contribution is -0.117. The van der Waals surface area contributed by atoms with Crippen LogP contribution < -0.4 is 10.6 Å². The van der Waals surface area contributed by atoms with E-state index in [2.05, 4.69) is 15.5 Å². The summed E-state index contributed by atoms with van der Waals surface area (Å²) in [5.41, 5.74) is 4.01. The molecule has 1 fully saturated rings. The van der Waals surface area contributed by atoms with Gasteiger partial charge in [-0.15, -0.1) is 0 Å². The highest BCUT2D eigenvalue weighted by Crippen LogP contribution is 2.25. The number of aromatic nitrogens is 1. The fourth-order valence-corrected chi connectivity index (χ4v) is 4.54. The van der Waals surface area contributed by atoms with Crippen molar-refractivity contribution in [1.29, 1.82) is 0 Å². The number of carbonyl (C=O) groups is 2. The van der Waals surface area contributed by atoms with E-state index in [0.717, 1.165) is 53.8 Å². The zero-order chi connectivity index (χ0) is 24.0. The predicted octanol–water partition coefficient (Wildman–Crippen LogP) is 4.73. The second kappa shape index (κ2) is 10.5. The van der Waals surface area contributed by atoms with Gasteiger partial charge < -0.3 is 10.6 Å². The number of anilines is 1. The van der Waals surface area contributed by atoms with Crippen molar-refractivity contribution in [3.63, 3.8) is 0 Å². The highest BCUT2D eigenvalue weighted by Gasteiger charge is 2.23. The molecular weight excluding hydrogens is 436 g/mol. The number of fused-ring (bicyclic) bond motifs is 1. The average Bonchev–Trinajstić information content (AvgIpc) is 2.90. The zero-order valence-electron chi connectivity index (χ0n) is 19.5. The highest BCUT2D eigenvalue weighted by molar-refractivity contribution is 6.07. The number of benzene rings is 3. The van der Waals surface area contributed by atoms with Crippen molar-refractivity contribution >= 4 is 28.4 Å². The molecule has 6 nitrogen and oxygen atoms in total. The van der Waals surface area contributed by atoms with Crippen LogP contribution in [0.1, 0.15) is 23.2 Å². The third kappa shape index (κ3) is 5.55. The molecule has 5 rings (SSSR count). The molecule has 0 aliphatic carbocycles. The largest absolute Gasteiger partial charge is 0.349 e. The summed E-state index contributed by atoms with van der Waals surface area (Å²) in [5, 5.41) is 7.01. The van der Waals surface area contributed by atoms with E-state index in [4.69, 9.17) is 4.98 Å². The average molecular weight is 465 g/mol. The minimum absolute atomic E-state index is 0.0182. The Kier molecular flexibility index (Phi) is 6.82. The van der Waals surface area contributed by atoms with Gasteiger partial charge in [-0.2, -0.15) is 0 Å². The third-order valence-corrected chi connectivity index (χ3v) is 6.38. The molecule has 176 valence electrons. The fraction of sp³-hybridized carbons (Fsp3) is 0.207. The van der Waals surface area contributed by atoms with Crippen molar-refractivity contribution in [2.24, 2.45) is 0 Å². The third-order valence-electron chi connectivity index (χ3n) is 6.38. The zero-order valence-corrected chi connectivity index (χ0v) is 19.5. The normalized spacial score (nSPS) is 14.5. The summed E-state index contributed by atoms with van der Waals surface area (Å²) < 4.78 is 0. The number of pyridine rings is 1. The molecule has 0 unspecified atom stereocenters. The lowest BCUT2D eigenvalue weighted by Crippen LogP contribution is -2.46. The minimum Gasteiger partial charge on any atom is -0.349 e. The van der Waals surface area contributed by atoms with Crippen molar-refractivity contribution in [1.82, 2.24) is 15.2 Å². The lowest BCUT2D eigenvalue weighted by atomic mass is 10.0. The van der Waals surface area contributed by atoms with Crippen molar-refractivity contribution in [2.75, 3.05) is 25.0 Å². The van der Waals surface area contributed by atoms with Crippen LogP contribution in [0.4, 0.5) is 5.69 Å². The van der Waals surface area contributed by atoms with Gasteiger partial charge in [-0.1, -0.05) is 66.7 Å². The molecular formula is C29H28N4O2. The Hall–Kier alpha value is -4.03. The van der Waals surface area contributed by atoms with Gasteiger partial charge in [0.1, 0.15) is 0 Å². The van der Waals surface area contributed by atoms with Crippen LogP contribution in [0.15, 0.2) is 91.0 Å². The van der Waals surface area contributed by atoms with Gasteiger partial charge in [-0.25, -0.2) is 4.98 Å². The van der Waals surface area contributed by atoms with Gasteiger partial charge in [0.05, 0.1) is 23.3 Å². The maximum Gasteiger partial charge on any atom is 0.252 e. The van der Waals surface area contributed by atoms with E-state index in [1.165, 1.54) is 0 Å². The SMILES string of the molecule is O=C(CN1CCC(NC(=O)c2cc(-c3ccccc3)nc3ccccc23)CC1)Nc1ccccc1. The molecule has 2 heterocycles. The van der Waals surface area contributed by atoms with Gasteiger partial charge in [0.15, 0.2) is 0 Å². The Morgan fingerprint density at radius 3 is 2.26 bits per heavy atom. The number of rotatable bonds is 6. The maximum absolute atomic E-state index is 13.4. The van der Waals surface area contributed by atoms with E-state index < -0.39 is 0 Å². The Morgan fingerprint density at radius 1 is 0.857 bits per heavy atom. The van der Waals surface area contributed by atoms with Gasteiger partial charge in [-0.3, -0.25) is 14.5 Å².